The lowest BCUT2D eigenvalue weighted by molar-refractivity contribution is -0.191. The van der Waals surface area contributed by atoms with Gasteiger partial charge in [-0.15, -0.1) is 0 Å². The minimum absolute atomic E-state index is 0.0161. The van der Waals surface area contributed by atoms with Crippen molar-refractivity contribution in [2.24, 2.45) is 11.8 Å². The zero-order valence-electron chi connectivity index (χ0n) is 10.5. The highest BCUT2D eigenvalue weighted by atomic mass is 32.2. The fourth-order valence-corrected chi connectivity index (χ4v) is 3.68. The van der Waals surface area contributed by atoms with Gasteiger partial charge in [-0.1, -0.05) is 6.92 Å². The molecule has 0 aromatic carbocycles. The third-order valence-electron chi connectivity index (χ3n) is 3.71. The summed E-state index contributed by atoms with van der Waals surface area (Å²) < 4.78 is 11.0. The Morgan fingerprint density at radius 1 is 1.00 bits per heavy atom. The van der Waals surface area contributed by atoms with Crippen LogP contribution in [0.3, 0.4) is 0 Å². The Hall–Kier alpha value is 0.270. The maximum atomic E-state index is 5.52. The van der Waals surface area contributed by atoms with E-state index in [1.54, 1.807) is 0 Å². The second-order valence-electron chi connectivity index (χ2n) is 5.26. The first kappa shape index (κ1) is 12.7. The zero-order chi connectivity index (χ0) is 11.4. The van der Waals surface area contributed by atoms with E-state index in [1.807, 2.05) is 6.92 Å². The summed E-state index contributed by atoms with van der Waals surface area (Å²) in [6.07, 6.45) is 5.50. The van der Waals surface area contributed by atoms with E-state index in [2.05, 4.69) is 18.7 Å². The van der Waals surface area contributed by atoms with Crippen molar-refractivity contribution in [3.05, 3.63) is 0 Å². The predicted molar refractivity (Wildman–Crippen MR) is 68.7 cm³/mol. The Morgan fingerprint density at radius 2 is 1.69 bits per heavy atom. The molecule has 2 saturated heterocycles. The molecule has 94 valence electrons. The van der Waals surface area contributed by atoms with E-state index >= 15 is 0 Å². The summed E-state index contributed by atoms with van der Waals surface area (Å²) in [4.78, 5) is 0. The maximum Gasteiger partial charge on any atom is 0.154 e. The number of ether oxygens (including phenoxy) is 2. The average Bonchev–Trinajstić information content (AvgIpc) is 2.30. The molecule has 2 rings (SSSR count). The predicted octanol–water partition coefficient (Wildman–Crippen LogP) is 3.31. The zero-order valence-corrected chi connectivity index (χ0v) is 11.3. The minimum atomic E-state index is 0.0161. The normalized spacial score (nSPS) is 40.9. The summed E-state index contributed by atoms with van der Waals surface area (Å²) in [6, 6.07) is 0. The van der Waals surface area contributed by atoms with Crippen LogP contribution in [0.2, 0.25) is 0 Å². The van der Waals surface area contributed by atoms with Crippen LogP contribution in [0.1, 0.15) is 39.5 Å². The molecule has 0 aromatic rings. The Bertz CT molecular complexity index is 172. The standard InChI is InChI=1S/C13H24O2S/c1-10-3-4-12(9-16-10)5-6-13-7-14-11(2)15-8-13/h10-13H,3-9H2,1-2H3. The largest absolute Gasteiger partial charge is 0.353 e. The number of rotatable bonds is 3. The van der Waals surface area contributed by atoms with Crippen molar-refractivity contribution in [3.63, 3.8) is 0 Å². The van der Waals surface area contributed by atoms with E-state index in [9.17, 15) is 0 Å². The lowest BCUT2D eigenvalue weighted by Gasteiger charge is -2.30. The summed E-state index contributed by atoms with van der Waals surface area (Å²) in [5, 5.41) is 0.887. The molecule has 0 spiro atoms. The summed E-state index contributed by atoms with van der Waals surface area (Å²) in [5.74, 6) is 2.95. The van der Waals surface area contributed by atoms with Gasteiger partial charge in [0, 0.05) is 11.2 Å². The van der Waals surface area contributed by atoms with Gasteiger partial charge in [-0.05, 0) is 44.3 Å². The van der Waals surface area contributed by atoms with Crippen LogP contribution >= 0.6 is 11.8 Å². The van der Waals surface area contributed by atoms with E-state index in [4.69, 9.17) is 9.47 Å². The molecule has 3 heteroatoms. The molecule has 0 N–H and O–H groups in total. The van der Waals surface area contributed by atoms with E-state index in [-0.39, 0.29) is 6.29 Å². The molecule has 2 aliphatic heterocycles. The molecule has 2 unspecified atom stereocenters. The van der Waals surface area contributed by atoms with E-state index in [0.29, 0.717) is 5.92 Å². The average molecular weight is 244 g/mol. The van der Waals surface area contributed by atoms with Gasteiger partial charge in [0.05, 0.1) is 13.2 Å². The Labute approximate surface area is 103 Å². The monoisotopic (exact) mass is 244 g/mol. The number of hydrogen-bond donors (Lipinski definition) is 0. The molecule has 2 fully saturated rings. The quantitative estimate of drug-likeness (QED) is 0.759. The number of thioether (sulfide) groups is 1. The summed E-state index contributed by atoms with van der Waals surface area (Å²) >= 11 is 2.15. The first-order chi connectivity index (χ1) is 7.74. The van der Waals surface area contributed by atoms with Crippen molar-refractivity contribution < 1.29 is 9.47 Å². The molecular weight excluding hydrogens is 220 g/mol. The summed E-state index contributed by atoms with van der Waals surface area (Å²) in [5.41, 5.74) is 0. The van der Waals surface area contributed by atoms with Crippen LogP contribution < -0.4 is 0 Å². The lowest BCUT2D eigenvalue weighted by Crippen LogP contribution is -2.30. The topological polar surface area (TPSA) is 18.5 Å². The fraction of sp³-hybridized carbons (Fsp3) is 1.00. The molecule has 0 aromatic heterocycles. The lowest BCUT2D eigenvalue weighted by atomic mass is 9.93. The van der Waals surface area contributed by atoms with Crippen LogP contribution in [0.25, 0.3) is 0 Å². The van der Waals surface area contributed by atoms with Crippen molar-refractivity contribution in [3.8, 4) is 0 Å². The van der Waals surface area contributed by atoms with Gasteiger partial charge < -0.3 is 9.47 Å². The van der Waals surface area contributed by atoms with Crippen molar-refractivity contribution in [2.45, 2.75) is 51.1 Å². The Morgan fingerprint density at radius 3 is 2.31 bits per heavy atom. The van der Waals surface area contributed by atoms with Gasteiger partial charge in [-0.25, -0.2) is 0 Å². The summed E-state index contributed by atoms with van der Waals surface area (Å²) in [6.45, 7) is 6.13. The fourth-order valence-electron chi connectivity index (χ4n) is 2.44. The Balaban J connectivity index is 1.60. The molecule has 0 bridgehead atoms. The van der Waals surface area contributed by atoms with Gasteiger partial charge in [0.2, 0.25) is 0 Å². The molecule has 16 heavy (non-hydrogen) atoms. The van der Waals surface area contributed by atoms with E-state index in [1.165, 1.54) is 31.4 Å². The molecule has 0 aliphatic carbocycles. The Kier molecular flexibility index (Phi) is 4.98. The van der Waals surface area contributed by atoms with Crippen LogP contribution in [-0.2, 0) is 9.47 Å². The van der Waals surface area contributed by atoms with Crippen LogP contribution in [0.4, 0.5) is 0 Å². The first-order valence-corrected chi connectivity index (χ1v) is 7.63. The van der Waals surface area contributed by atoms with Gasteiger partial charge in [0.1, 0.15) is 0 Å². The van der Waals surface area contributed by atoms with E-state index in [0.717, 1.165) is 24.4 Å². The van der Waals surface area contributed by atoms with Gasteiger partial charge in [-0.2, -0.15) is 11.8 Å². The second-order valence-corrected chi connectivity index (χ2v) is 6.74. The third-order valence-corrected chi connectivity index (χ3v) is 5.18. The molecule has 2 nitrogen and oxygen atoms in total. The van der Waals surface area contributed by atoms with Crippen molar-refractivity contribution in [1.82, 2.24) is 0 Å². The third kappa shape index (κ3) is 3.94. The SMILES string of the molecule is CC1OCC(CCC2CCC(C)SC2)CO1. The molecular formula is C13H24O2S. The van der Waals surface area contributed by atoms with Gasteiger partial charge >= 0.3 is 0 Å². The van der Waals surface area contributed by atoms with Gasteiger partial charge in [0.25, 0.3) is 0 Å². The highest BCUT2D eigenvalue weighted by Gasteiger charge is 2.22. The molecule has 2 aliphatic rings. The molecule has 2 heterocycles. The minimum Gasteiger partial charge on any atom is -0.353 e. The second kappa shape index (κ2) is 6.27. The smallest absolute Gasteiger partial charge is 0.154 e. The van der Waals surface area contributed by atoms with Crippen LogP contribution in [-0.4, -0.2) is 30.5 Å². The van der Waals surface area contributed by atoms with Crippen LogP contribution in [0.5, 0.6) is 0 Å². The molecule has 0 radical (unpaired) electrons. The first-order valence-electron chi connectivity index (χ1n) is 6.59. The van der Waals surface area contributed by atoms with Gasteiger partial charge in [-0.3, -0.25) is 0 Å². The molecule has 2 atom stereocenters. The van der Waals surface area contributed by atoms with E-state index < -0.39 is 0 Å². The van der Waals surface area contributed by atoms with Gasteiger partial charge in [0.15, 0.2) is 6.29 Å². The van der Waals surface area contributed by atoms with Crippen molar-refractivity contribution in [1.29, 1.82) is 0 Å². The molecule has 0 saturated carbocycles. The highest BCUT2D eigenvalue weighted by molar-refractivity contribution is 7.99. The summed E-state index contributed by atoms with van der Waals surface area (Å²) in [7, 11) is 0. The van der Waals surface area contributed by atoms with Crippen molar-refractivity contribution >= 4 is 11.8 Å². The van der Waals surface area contributed by atoms with Crippen LogP contribution in [0.15, 0.2) is 0 Å². The highest BCUT2D eigenvalue weighted by Crippen LogP contribution is 2.32. The molecule has 0 amide bonds. The van der Waals surface area contributed by atoms with Crippen molar-refractivity contribution in [2.75, 3.05) is 19.0 Å². The van der Waals surface area contributed by atoms with Crippen LogP contribution in [0, 0.1) is 11.8 Å². The number of hydrogen-bond acceptors (Lipinski definition) is 3. The maximum absolute atomic E-state index is 5.52.